The summed E-state index contributed by atoms with van der Waals surface area (Å²) < 4.78 is 5.33. The van der Waals surface area contributed by atoms with Crippen LogP contribution in [-0.4, -0.2) is 44.2 Å². The van der Waals surface area contributed by atoms with Gasteiger partial charge in [0.1, 0.15) is 0 Å². The Balaban J connectivity index is 2.14. The van der Waals surface area contributed by atoms with Crippen molar-refractivity contribution in [3.63, 3.8) is 0 Å². The number of ether oxygens (including phenoxy) is 1. The lowest BCUT2D eigenvalue weighted by Crippen LogP contribution is -2.28. The molecule has 2 rings (SSSR count). The Morgan fingerprint density at radius 2 is 2.05 bits per heavy atom. The Morgan fingerprint density at radius 3 is 2.68 bits per heavy atom. The number of nitrogens with one attached hydrogen (secondary N) is 1. The fourth-order valence-electron chi connectivity index (χ4n) is 2.13. The van der Waals surface area contributed by atoms with Gasteiger partial charge in [-0.25, -0.2) is 0 Å². The van der Waals surface area contributed by atoms with Gasteiger partial charge in [-0.15, -0.1) is 0 Å². The topological polar surface area (TPSA) is 67.6 Å². The first-order valence-electron chi connectivity index (χ1n) is 6.53. The minimum atomic E-state index is -0.0185. The second-order valence-electron chi connectivity index (χ2n) is 5.03. The summed E-state index contributed by atoms with van der Waals surface area (Å²) in [6.07, 6.45) is 1.93. The molecule has 0 atom stereocenters. The van der Waals surface area contributed by atoms with E-state index in [1.165, 1.54) is 0 Å². The zero-order chi connectivity index (χ0) is 13.8. The number of benzene rings is 1. The lowest BCUT2D eigenvalue weighted by atomic mass is 10.1. The molecule has 1 aliphatic rings. The molecule has 1 aromatic carbocycles. The van der Waals surface area contributed by atoms with Crippen LogP contribution in [0.15, 0.2) is 18.2 Å². The SMILES string of the molecule is CN(C)C(=O)c1ccc(N)c(NC2CCOCC2)c1. The van der Waals surface area contributed by atoms with Crippen molar-refractivity contribution in [2.75, 3.05) is 38.4 Å². The summed E-state index contributed by atoms with van der Waals surface area (Å²) >= 11 is 0. The number of nitrogen functional groups attached to an aromatic ring is 1. The number of nitrogens with zero attached hydrogens (tertiary/aromatic N) is 1. The molecule has 0 spiro atoms. The summed E-state index contributed by atoms with van der Waals surface area (Å²) in [5, 5.41) is 3.41. The molecule has 0 aromatic heterocycles. The molecule has 1 aromatic rings. The van der Waals surface area contributed by atoms with Gasteiger partial charge in [0.05, 0.1) is 11.4 Å². The van der Waals surface area contributed by atoms with E-state index < -0.39 is 0 Å². The molecule has 0 bridgehead atoms. The maximum absolute atomic E-state index is 11.9. The van der Waals surface area contributed by atoms with Crippen LogP contribution in [0.25, 0.3) is 0 Å². The zero-order valence-electron chi connectivity index (χ0n) is 11.5. The first-order valence-corrected chi connectivity index (χ1v) is 6.53. The van der Waals surface area contributed by atoms with Crippen LogP contribution in [0.3, 0.4) is 0 Å². The molecule has 0 saturated carbocycles. The van der Waals surface area contributed by atoms with E-state index in [2.05, 4.69) is 5.32 Å². The first-order chi connectivity index (χ1) is 9.08. The lowest BCUT2D eigenvalue weighted by Gasteiger charge is -2.25. The van der Waals surface area contributed by atoms with Crippen molar-refractivity contribution in [2.24, 2.45) is 0 Å². The van der Waals surface area contributed by atoms with E-state index >= 15 is 0 Å². The first kappa shape index (κ1) is 13.7. The summed E-state index contributed by atoms with van der Waals surface area (Å²) in [5.74, 6) is -0.0185. The van der Waals surface area contributed by atoms with Crippen LogP contribution in [0.2, 0.25) is 0 Å². The maximum Gasteiger partial charge on any atom is 0.253 e. The van der Waals surface area contributed by atoms with Crippen molar-refractivity contribution in [2.45, 2.75) is 18.9 Å². The molecule has 0 radical (unpaired) electrons. The summed E-state index contributed by atoms with van der Waals surface area (Å²) in [4.78, 5) is 13.5. The zero-order valence-corrected chi connectivity index (χ0v) is 11.5. The number of carbonyl (C=O) groups excluding carboxylic acids is 1. The Bertz CT molecular complexity index is 454. The number of amides is 1. The Morgan fingerprint density at radius 1 is 1.37 bits per heavy atom. The Kier molecular flexibility index (Phi) is 4.27. The molecule has 19 heavy (non-hydrogen) atoms. The third-order valence-corrected chi connectivity index (χ3v) is 3.29. The fraction of sp³-hybridized carbons (Fsp3) is 0.500. The number of hydrogen-bond donors (Lipinski definition) is 2. The quantitative estimate of drug-likeness (QED) is 0.812. The molecule has 1 fully saturated rings. The van der Waals surface area contributed by atoms with Crippen LogP contribution in [-0.2, 0) is 4.74 Å². The third-order valence-electron chi connectivity index (χ3n) is 3.29. The average molecular weight is 263 g/mol. The highest BCUT2D eigenvalue weighted by atomic mass is 16.5. The van der Waals surface area contributed by atoms with Crippen LogP contribution < -0.4 is 11.1 Å². The molecule has 104 valence electrons. The van der Waals surface area contributed by atoms with E-state index in [9.17, 15) is 4.79 Å². The molecule has 5 nitrogen and oxygen atoms in total. The van der Waals surface area contributed by atoms with Gasteiger partial charge in [0, 0.05) is 38.9 Å². The van der Waals surface area contributed by atoms with Gasteiger partial charge in [-0.05, 0) is 31.0 Å². The molecular weight excluding hydrogens is 242 g/mol. The second-order valence-corrected chi connectivity index (χ2v) is 5.03. The van der Waals surface area contributed by atoms with E-state index in [-0.39, 0.29) is 5.91 Å². The normalized spacial score (nSPS) is 16.1. The van der Waals surface area contributed by atoms with Crippen molar-refractivity contribution in [1.29, 1.82) is 0 Å². The van der Waals surface area contributed by atoms with Crippen LogP contribution in [0.1, 0.15) is 23.2 Å². The monoisotopic (exact) mass is 263 g/mol. The fourth-order valence-corrected chi connectivity index (χ4v) is 2.13. The molecule has 0 aliphatic carbocycles. The van der Waals surface area contributed by atoms with Crippen LogP contribution in [0, 0.1) is 0 Å². The molecule has 0 unspecified atom stereocenters. The smallest absolute Gasteiger partial charge is 0.253 e. The number of nitrogens with two attached hydrogens (primary N) is 1. The van der Waals surface area contributed by atoms with E-state index in [0.29, 0.717) is 17.3 Å². The van der Waals surface area contributed by atoms with Crippen molar-refractivity contribution < 1.29 is 9.53 Å². The standard InChI is InChI=1S/C14H21N3O2/c1-17(2)14(18)10-3-4-12(15)13(9-10)16-11-5-7-19-8-6-11/h3-4,9,11,16H,5-8,15H2,1-2H3. The van der Waals surface area contributed by atoms with Gasteiger partial charge in [-0.2, -0.15) is 0 Å². The number of hydrogen-bond acceptors (Lipinski definition) is 4. The molecule has 5 heteroatoms. The van der Waals surface area contributed by atoms with Crippen molar-refractivity contribution in [3.05, 3.63) is 23.8 Å². The summed E-state index contributed by atoms with van der Waals surface area (Å²) in [7, 11) is 3.48. The van der Waals surface area contributed by atoms with Gasteiger partial charge in [-0.3, -0.25) is 4.79 Å². The predicted molar refractivity (Wildman–Crippen MR) is 76.3 cm³/mol. The van der Waals surface area contributed by atoms with Gasteiger partial charge in [0.2, 0.25) is 0 Å². The summed E-state index contributed by atoms with van der Waals surface area (Å²) in [5.41, 5.74) is 8.11. The van der Waals surface area contributed by atoms with Gasteiger partial charge in [0.25, 0.3) is 5.91 Å². The van der Waals surface area contributed by atoms with E-state index in [1.807, 2.05) is 6.07 Å². The van der Waals surface area contributed by atoms with E-state index in [0.717, 1.165) is 31.7 Å². The number of anilines is 2. The molecule has 1 aliphatic heterocycles. The highest BCUT2D eigenvalue weighted by Crippen LogP contribution is 2.23. The second kappa shape index (κ2) is 5.93. The van der Waals surface area contributed by atoms with Gasteiger partial charge >= 0.3 is 0 Å². The Hall–Kier alpha value is -1.75. The van der Waals surface area contributed by atoms with Crippen molar-refractivity contribution >= 4 is 17.3 Å². The van der Waals surface area contributed by atoms with Gasteiger partial charge < -0.3 is 20.7 Å². The van der Waals surface area contributed by atoms with Crippen LogP contribution >= 0.6 is 0 Å². The Labute approximate surface area is 113 Å². The predicted octanol–water partition coefficient (Wildman–Crippen LogP) is 1.56. The molecule has 1 heterocycles. The van der Waals surface area contributed by atoms with Gasteiger partial charge in [0.15, 0.2) is 0 Å². The minimum Gasteiger partial charge on any atom is -0.397 e. The van der Waals surface area contributed by atoms with Gasteiger partial charge in [-0.1, -0.05) is 0 Å². The summed E-state index contributed by atoms with van der Waals surface area (Å²) in [6.45, 7) is 1.54. The molecule has 3 N–H and O–H groups in total. The molecule has 1 amide bonds. The third kappa shape index (κ3) is 3.38. The number of carbonyl (C=O) groups is 1. The highest BCUT2D eigenvalue weighted by molar-refractivity contribution is 5.95. The summed E-state index contributed by atoms with van der Waals surface area (Å²) in [6, 6.07) is 5.72. The van der Waals surface area contributed by atoms with Crippen LogP contribution in [0.4, 0.5) is 11.4 Å². The molecular formula is C14H21N3O2. The van der Waals surface area contributed by atoms with E-state index in [1.54, 1.807) is 31.1 Å². The van der Waals surface area contributed by atoms with E-state index in [4.69, 9.17) is 10.5 Å². The van der Waals surface area contributed by atoms with Crippen molar-refractivity contribution in [1.82, 2.24) is 4.90 Å². The highest BCUT2D eigenvalue weighted by Gasteiger charge is 2.16. The maximum atomic E-state index is 11.9. The van der Waals surface area contributed by atoms with Crippen LogP contribution in [0.5, 0.6) is 0 Å². The largest absolute Gasteiger partial charge is 0.397 e. The lowest BCUT2D eigenvalue weighted by molar-refractivity contribution is 0.0827. The molecule has 1 saturated heterocycles. The van der Waals surface area contributed by atoms with Crippen molar-refractivity contribution in [3.8, 4) is 0 Å². The average Bonchev–Trinajstić information content (AvgIpc) is 2.41. The number of rotatable bonds is 3. The minimum absolute atomic E-state index is 0.0185.